The fourth-order valence-corrected chi connectivity index (χ4v) is 4.12. The zero-order valence-electron chi connectivity index (χ0n) is 15.3. The highest BCUT2D eigenvalue weighted by atomic mass is 32.1. The number of urea groups is 1. The average molecular weight is 421 g/mol. The van der Waals surface area contributed by atoms with Gasteiger partial charge in [-0.3, -0.25) is 0 Å². The first kappa shape index (κ1) is 19.5. The second-order valence-corrected chi connectivity index (χ2v) is 7.80. The molecule has 29 heavy (non-hydrogen) atoms. The van der Waals surface area contributed by atoms with Crippen LogP contribution in [0.4, 0.5) is 18.0 Å². The Balaban J connectivity index is 1.28. The third-order valence-electron chi connectivity index (χ3n) is 4.75. The van der Waals surface area contributed by atoms with E-state index in [0.717, 1.165) is 23.0 Å². The molecular weight excluding hydrogens is 403 g/mol. The largest absolute Gasteiger partial charge is 0.467 e. The molecule has 5 nitrogen and oxygen atoms in total. The van der Waals surface area contributed by atoms with Gasteiger partial charge in [-0.25, -0.2) is 18.0 Å². The number of hydrogen-bond donors (Lipinski definition) is 1. The van der Waals surface area contributed by atoms with Crippen molar-refractivity contribution in [3.05, 3.63) is 59.4 Å². The van der Waals surface area contributed by atoms with E-state index >= 15 is 0 Å². The Hall–Kier alpha value is -2.81. The number of nitrogens with one attached hydrogen (secondary N) is 1. The second kappa shape index (κ2) is 8.28. The Labute approximate surface area is 169 Å². The topological polar surface area (TPSA) is 54.5 Å². The summed E-state index contributed by atoms with van der Waals surface area (Å²) in [4.78, 5) is 18.1. The SMILES string of the molecule is O=C(NCc1ccc(F)cc1)N1CCC(Oc2nc3c(F)cc(F)cc3s2)CC1. The minimum absolute atomic E-state index is 0.101. The molecular formula is C20H18F3N3O2S. The summed E-state index contributed by atoms with van der Waals surface area (Å²) in [5, 5.41) is 3.11. The lowest BCUT2D eigenvalue weighted by molar-refractivity contribution is 0.111. The quantitative estimate of drug-likeness (QED) is 0.677. The third kappa shape index (κ3) is 4.61. The monoisotopic (exact) mass is 421 g/mol. The summed E-state index contributed by atoms with van der Waals surface area (Å²) in [6.45, 7) is 1.34. The molecule has 0 atom stereocenters. The summed E-state index contributed by atoms with van der Waals surface area (Å²) in [6.07, 6.45) is 1.07. The number of nitrogens with zero attached hydrogens (tertiary/aromatic N) is 2. The maximum absolute atomic E-state index is 13.8. The normalized spacial score (nSPS) is 14.9. The van der Waals surface area contributed by atoms with Crippen molar-refractivity contribution in [2.45, 2.75) is 25.5 Å². The Morgan fingerprint density at radius 3 is 2.59 bits per heavy atom. The van der Waals surface area contributed by atoms with Crippen molar-refractivity contribution in [2.75, 3.05) is 13.1 Å². The molecule has 0 unspecified atom stereocenters. The maximum Gasteiger partial charge on any atom is 0.317 e. The van der Waals surface area contributed by atoms with E-state index < -0.39 is 11.6 Å². The smallest absolute Gasteiger partial charge is 0.317 e. The molecule has 9 heteroatoms. The number of carbonyl (C=O) groups is 1. The molecule has 1 aliphatic rings. The lowest BCUT2D eigenvalue weighted by Crippen LogP contribution is -2.46. The first-order valence-corrected chi connectivity index (χ1v) is 9.99. The standard InChI is InChI=1S/C20H18F3N3O2S/c21-13-3-1-12(2-4-13)11-24-19(27)26-7-5-15(6-8-26)28-20-25-18-16(23)9-14(22)10-17(18)29-20/h1-4,9-10,15H,5-8,11H2,(H,24,27). The number of aromatic nitrogens is 1. The molecule has 1 fully saturated rings. The molecule has 2 amide bonds. The summed E-state index contributed by atoms with van der Waals surface area (Å²) in [5.41, 5.74) is 0.918. The predicted molar refractivity (Wildman–Crippen MR) is 103 cm³/mol. The van der Waals surface area contributed by atoms with Gasteiger partial charge in [-0.15, -0.1) is 0 Å². The number of piperidine rings is 1. The van der Waals surface area contributed by atoms with Crippen molar-refractivity contribution in [1.82, 2.24) is 15.2 Å². The molecule has 152 valence electrons. The molecule has 0 radical (unpaired) electrons. The zero-order chi connectivity index (χ0) is 20.4. The number of amides is 2. The van der Waals surface area contributed by atoms with Gasteiger partial charge in [0, 0.05) is 38.5 Å². The van der Waals surface area contributed by atoms with Gasteiger partial charge in [0.25, 0.3) is 5.19 Å². The summed E-state index contributed by atoms with van der Waals surface area (Å²) in [6, 6.07) is 7.81. The maximum atomic E-state index is 13.8. The molecule has 3 aromatic rings. The third-order valence-corrected chi connectivity index (χ3v) is 5.64. The molecule has 0 bridgehead atoms. The van der Waals surface area contributed by atoms with Crippen LogP contribution in [0.25, 0.3) is 10.2 Å². The first-order chi connectivity index (χ1) is 14.0. The summed E-state index contributed by atoms with van der Waals surface area (Å²) < 4.78 is 46.2. The van der Waals surface area contributed by atoms with Gasteiger partial charge >= 0.3 is 6.03 Å². The lowest BCUT2D eigenvalue weighted by atomic mass is 10.1. The van der Waals surface area contributed by atoms with Gasteiger partial charge < -0.3 is 15.0 Å². The van der Waals surface area contributed by atoms with Crippen molar-refractivity contribution in [1.29, 1.82) is 0 Å². The number of likely N-dealkylation sites (tertiary alicyclic amines) is 1. The van der Waals surface area contributed by atoms with Gasteiger partial charge in [0.2, 0.25) is 0 Å². The van der Waals surface area contributed by atoms with E-state index in [0.29, 0.717) is 42.4 Å². The number of fused-ring (bicyclic) bond motifs is 1. The van der Waals surface area contributed by atoms with Gasteiger partial charge in [-0.1, -0.05) is 23.5 Å². The summed E-state index contributed by atoms with van der Waals surface area (Å²) in [5.74, 6) is -1.67. The number of ether oxygens (including phenoxy) is 1. The van der Waals surface area contributed by atoms with Gasteiger partial charge in [-0.2, -0.15) is 4.98 Å². The minimum Gasteiger partial charge on any atom is -0.467 e. The van der Waals surface area contributed by atoms with E-state index in [-0.39, 0.29) is 23.5 Å². The predicted octanol–water partition coefficient (Wildman–Crippen LogP) is 4.47. The van der Waals surface area contributed by atoms with E-state index in [4.69, 9.17) is 4.74 Å². The summed E-state index contributed by atoms with van der Waals surface area (Å²) in [7, 11) is 0. The molecule has 1 saturated heterocycles. The van der Waals surface area contributed by atoms with Crippen molar-refractivity contribution in [2.24, 2.45) is 0 Å². The highest BCUT2D eigenvalue weighted by Gasteiger charge is 2.25. The Morgan fingerprint density at radius 1 is 1.14 bits per heavy atom. The van der Waals surface area contributed by atoms with Crippen molar-refractivity contribution < 1.29 is 22.7 Å². The van der Waals surface area contributed by atoms with Gasteiger partial charge in [0.05, 0.1) is 4.70 Å². The Bertz CT molecular complexity index is 1020. The molecule has 2 aromatic carbocycles. The number of thiazole rings is 1. The molecule has 0 aliphatic carbocycles. The van der Waals surface area contributed by atoms with Crippen LogP contribution in [0.2, 0.25) is 0 Å². The number of rotatable bonds is 4. The van der Waals surface area contributed by atoms with Gasteiger partial charge in [0.1, 0.15) is 23.3 Å². The first-order valence-electron chi connectivity index (χ1n) is 9.17. The molecule has 1 N–H and O–H groups in total. The Kier molecular flexibility index (Phi) is 5.57. The van der Waals surface area contributed by atoms with E-state index in [1.807, 2.05) is 0 Å². The van der Waals surface area contributed by atoms with E-state index in [2.05, 4.69) is 10.3 Å². The van der Waals surface area contributed by atoms with Crippen LogP contribution in [-0.4, -0.2) is 35.1 Å². The van der Waals surface area contributed by atoms with Crippen LogP contribution in [-0.2, 0) is 6.54 Å². The highest BCUT2D eigenvalue weighted by Crippen LogP contribution is 2.31. The van der Waals surface area contributed by atoms with Crippen molar-refractivity contribution in [3.63, 3.8) is 0 Å². The highest BCUT2D eigenvalue weighted by molar-refractivity contribution is 7.20. The summed E-state index contributed by atoms with van der Waals surface area (Å²) >= 11 is 1.10. The molecule has 4 rings (SSSR count). The number of benzene rings is 2. The van der Waals surface area contributed by atoms with E-state index in [9.17, 15) is 18.0 Å². The van der Waals surface area contributed by atoms with Gasteiger partial charge in [0.15, 0.2) is 5.82 Å². The number of hydrogen-bond acceptors (Lipinski definition) is 4. The Morgan fingerprint density at radius 2 is 1.86 bits per heavy atom. The van der Waals surface area contributed by atoms with Crippen LogP contribution in [0.1, 0.15) is 18.4 Å². The number of carbonyl (C=O) groups excluding carboxylic acids is 1. The lowest BCUT2D eigenvalue weighted by Gasteiger charge is -2.31. The van der Waals surface area contributed by atoms with Crippen molar-refractivity contribution in [3.8, 4) is 5.19 Å². The van der Waals surface area contributed by atoms with Crippen LogP contribution >= 0.6 is 11.3 Å². The van der Waals surface area contributed by atoms with Crippen molar-refractivity contribution >= 4 is 27.6 Å². The second-order valence-electron chi connectivity index (χ2n) is 6.80. The van der Waals surface area contributed by atoms with Crippen LogP contribution in [0, 0.1) is 17.5 Å². The average Bonchev–Trinajstić information content (AvgIpc) is 3.10. The zero-order valence-corrected chi connectivity index (χ0v) is 16.1. The van der Waals surface area contributed by atoms with Crippen LogP contribution in [0.3, 0.4) is 0 Å². The van der Waals surface area contributed by atoms with E-state index in [1.54, 1.807) is 17.0 Å². The molecule has 0 spiro atoms. The molecule has 1 aromatic heterocycles. The fourth-order valence-electron chi connectivity index (χ4n) is 3.20. The molecule has 2 heterocycles. The molecule has 0 saturated carbocycles. The van der Waals surface area contributed by atoms with Gasteiger partial charge in [-0.05, 0) is 23.8 Å². The number of halogens is 3. The fraction of sp³-hybridized carbons (Fsp3) is 0.300. The minimum atomic E-state index is -0.709. The molecule has 1 aliphatic heterocycles. The van der Waals surface area contributed by atoms with Crippen LogP contribution in [0.15, 0.2) is 36.4 Å². The van der Waals surface area contributed by atoms with Crippen LogP contribution < -0.4 is 10.1 Å². The van der Waals surface area contributed by atoms with E-state index in [1.165, 1.54) is 18.2 Å². The van der Waals surface area contributed by atoms with Crippen LogP contribution in [0.5, 0.6) is 5.19 Å².